The Bertz CT molecular complexity index is 380. The third kappa shape index (κ3) is 2.07. The Balaban J connectivity index is 2.24. The molecule has 0 bridgehead atoms. The molecule has 0 radical (unpaired) electrons. The molecular formula is C11H13N3S. The molecule has 1 aliphatic heterocycles. The lowest BCUT2D eigenvalue weighted by Crippen LogP contribution is -2.32. The van der Waals surface area contributed by atoms with Gasteiger partial charge in [0.1, 0.15) is 11.9 Å². The van der Waals surface area contributed by atoms with Gasteiger partial charge in [-0.15, -0.1) is 0 Å². The maximum atomic E-state index is 8.99. The summed E-state index contributed by atoms with van der Waals surface area (Å²) >= 11 is 1.97. The highest BCUT2D eigenvalue weighted by Crippen LogP contribution is 2.26. The molecule has 0 aliphatic carbocycles. The highest BCUT2D eigenvalue weighted by atomic mass is 32.2. The summed E-state index contributed by atoms with van der Waals surface area (Å²) in [7, 11) is 2.03. The zero-order valence-corrected chi connectivity index (χ0v) is 9.50. The third-order valence-electron chi connectivity index (χ3n) is 2.69. The van der Waals surface area contributed by atoms with E-state index in [1.807, 2.05) is 24.9 Å². The largest absolute Gasteiger partial charge is 0.355 e. The first-order valence-electron chi connectivity index (χ1n) is 4.98. The van der Waals surface area contributed by atoms with Crippen LogP contribution in [0.2, 0.25) is 0 Å². The van der Waals surface area contributed by atoms with E-state index in [0.29, 0.717) is 11.6 Å². The van der Waals surface area contributed by atoms with E-state index in [-0.39, 0.29) is 0 Å². The first kappa shape index (κ1) is 10.3. The van der Waals surface area contributed by atoms with Crippen LogP contribution in [-0.4, -0.2) is 29.6 Å². The van der Waals surface area contributed by atoms with Crippen LogP contribution in [0.1, 0.15) is 12.0 Å². The Kier molecular flexibility index (Phi) is 3.12. The molecule has 1 aliphatic rings. The van der Waals surface area contributed by atoms with Gasteiger partial charge < -0.3 is 4.90 Å². The molecule has 4 heteroatoms. The molecule has 1 saturated heterocycles. The fourth-order valence-corrected chi connectivity index (χ4v) is 3.03. The van der Waals surface area contributed by atoms with Gasteiger partial charge in [-0.1, -0.05) is 0 Å². The van der Waals surface area contributed by atoms with Gasteiger partial charge in [-0.3, -0.25) is 0 Å². The van der Waals surface area contributed by atoms with Crippen LogP contribution in [0, 0.1) is 11.3 Å². The van der Waals surface area contributed by atoms with E-state index in [9.17, 15) is 0 Å². The number of nitriles is 1. The summed E-state index contributed by atoms with van der Waals surface area (Å²) in [4.78, 5) is 6.43. The van der Waals surface area contributed by atoms with Gasteiger partial charge in [0.05, 0.1) is 5.56 Å². The SMILES string of the molecule is CN(c1ncccc1C#N)C1CCSC1. The minimum atomic E-state index is 0.525. The van der Waals surface area contributed by atoms with Crippen LogP contribution in [0.4, 0.5) is 5.82 Å². The Morgan fingerprint density at radius 1 is 1.67 bits per heavy atom. The number of hydrogen-bond donors (Lipinski definition) is 0. The highest BCUT2D eigenvalue weighted by Gasteiger charge is 2.22. The summed E-state index contributed by atoms with van der Waals surface area (Å²) in [5, 5.41) is 8.99. The fourth-order valence-electron chi connectivity index (χ4n) is 1.77. The summed E-state index contributed by atoms with van der Waals surface area (Å²) in [6.07, 6.45) is 2.93. The first-order valence-corrected chi connectivity index (χ1v) is 6.14. The van der Waals surface area contributed by atoms with E-state index in [1.165, 1.54) is 12.2 Å². The molecular weight excluding hydrogens is 206 g/mol. The van der Waals surface area contributed by atoms with E-state index in [4.69, 9.17) is 5.26 Å². The van der Waals surface area contributed by atoms with Crippen molar-refractivity contribution in [2.75, 3.05) is 23.5 Å². The lowest BCUT2D eigenvalue weighted by molar-refractivity contribution is 0.691. The zero-order valence-electron chi connectivity index (χ0n) is 8.68. The van der Waals surface area contributed by atoms with Crippen molar-refractivity contribution in [2.24, 2.45) is 0 Å². The number of pyridine rings is 1. The second-order valence-electron chi connectivity index (χ2n) is 3.61. The Morgan fingerprint density at radius 3 is 3.20 bits per heavy atom. The quantitative estimate of drug-likeness (QED) is 0.761. The van der Waals surface area contributed by atoms with Crippen LogP contribution in [0.3, 0.4) is 0 Å². The number of thioether (sulfide) groups is 1. The van der Waals surface area contributed by atoms with Gasteiger partial charge in [-0.05, 0) is 24.3 Å². The van der Waals surface area contributed by atoms with Crippen molar-refractivity contribution in [3.05, 3.63) is 23.9 Å². The van der Waals surface area contributed by atoms with Crippen molar-refractivity contribution in [2.45, 2.75) is 12.5 Å². The topological polar surface area (TPSA) is 39.9 Å². The van der Waals surface area contributed by atoms with Crippen molar-refractivity contribution in [3.63, 3.8) is 0 Å². The highest BCUT2D eigenvalue weighted by molar-refractivity contribution is 7.99. The van der Waals surface area contributed by atoms with Crippen molar-refractivity contribution in [3.8, 4) is 6.07 Å². The van der Waals surface area contributed by atoms with Gasteiger partial charge in [0.25, 0.3) is 0 Å². The molecule has 0 aromatic carbocycles. The summed E-state index contributed by atoms with van der Waals surface area (Å²) in [5.41, 5.74) is 0.664. The summed E-state index contributed by atoms with van der Waals surface area (Å²) < 4.78 is 0. The molecule has 0 saturated carbocycles. The number of hydrogen-bond acceptors (Lipinski definition) is 4. The second-order valence-corrected chi connectivity index (χ2v) is 4.76. The van der Waals surface area contributed by atoms with Crippen molar-refractivity contribution < 1.29 is 0 Å². The molecule has 1 unspecified atom stereocenters. The van der Waals surface area contributed by atoms with E-state index in [1.54, 1.807) is 12.3 Å². The maximum absolute atomic E-state index is 8.99. The van der Waals surface area contributed by atoms with Crippen molar-refractivity contribution in [1.82, 2.24) is 4.98 Å². The predicted octanol–water partition coefficient (Wildman–Crippen LogP) is 1.89. The predicted molar refractivity (Wildman–Crippen MR) is 63.1 cm³/mol. The third-order valence-corrected chi connectivity index (χ3v) is 3.84. The van der Waals surface area contributed by atoms with Crippen molar-refractivity contribution >= 4 is 17.6 Å². The van der Waals surface area contributed by atoms with Gasteiger partial charge in [0.15, 0.2) is 0 Å². The molecule has 0 N–H and O–H groups in total. The average Bonchev–Trinajstić information content (AvgIpc) is 2.81. The summed E-state index contributed by atoms with van der Waals surface area (Å²) in [6.45, 7) is 0. The number of nitrogens with zero attached hydrogens (tertiary/aromatic N) is 3. The molecule has 15 heavy (non-hydrogen) atoms. The van der Waals surface area contributed by atoms with Crippen LogP contribution < -0.4 is 4.90 Å². The summed E-state index contributed by atoms with van der Waals surface area (Å²) in [5.74, 6) is 3.16. The Morgan fingerprint density at radius 2 is 2.53 bits per heavy atom. The summed E-state index contributed by atoms with van der Waals surface area (Å²) in [6, 6.07) is 6.34. The lowest BCUT2D eigenvalue weighted by atomic mass is 10.2. The molecule has 0 spiro atoms. The molecule has 0 amide bonds. The second kappa shape index (κ2) is 4.54. The van der Waals surface area contributed by atoms with Crippen LogP contribution in [0.15, 0.2) is 18.3 Å². The fraction of sp³-hybridized carbons (Fsp3) is 0.455. The number of rotatable bonds is 2. The molecule has 2 heterocycles. The first-order chi connectivity index (χ1) is 7.33. The molecule has 1 aromatic rings. The maximum Gasteiger partial charge on any atom is 0.146 e. The zero-order chi connectivity index (χ0) is 10.7. The van der Waals surface area contributed by atoms with Crippen LogP contribution in [-0.2, 0) is 0 Å². The molecule has 78 valence electrons. The van der Waals surface area contributed by atoms with Gasteiger partial charge >= 0.3 is 0 Å². The lowest BCUT2D eigenvalue weighted by Gasteiger charge is -2.25. The molecule has 3 nitrogen and oxygen atoms in total. The number of aromatic nitrogens is 1. The van der Waals surface area contributed by atoms with E-state index < -0.39 is 0 Å². The average molecular weight is 219 g/mol. The smallest absolute Gasteiger partial charge is 0.146 e. The van der Waals surface area contributed by atoms with Gasteiger partial charge in [-0.2, -0.15) is 17.0 Å². The normalized spacial score (nSPS) is 19.9. The van der Waals surface area contributed by atoms with E-state index in [2.05, 4.69) is 16.0 Å². The van der Waals surface area contributed by atoms with Crippen LogP contribution >= 0.6 is 11.8 Å². The standard InChI is InChI=1S/C11H13N3S/c1-14(10-4-6-15-8-10)11-9(7-12)3-2-5-13-11/h2-3,5,10H,4,6,8H2,1H3. The van der Waals surface area contributed by atoms with Gasteiger partial charge in [-0.25, -0.2) is 4.98 Å². The minimum Gasteiger partial charge on any atom is -0.355 e. The van der Waals surface area contributed by atoms with Crippen molar-refractivity contribution in [1.29, 1.82) is 5.26 Å². The monoisotopic (exact) mass is 219 g/mol. The molecule has 2 rings (SSSR count). The molecule has 1 atom stereocenters. The molecule has 1 aromatic heterocycles. The van der Waals surface area contributed by atoms with E-state index >= 15 is 0 Å². The van der Waals surface area contributed by atoms with Crippen LogP contribution in [0.5, 0.6) is 0 Å². The Hall–Kier alpha value is -1.21. The molecule has 1 fully saturated rings. The van der Waals surface area contributed by atoms with Gasteiger partial charge in [0.2, 0.25) is 0 Å². The minimum absolute atomic E-state index is 0.525. The van der Waals surface area contributed by atoms with Crippen LogP contribution in [0.25, 0.3) is 0 Å². The Labute approximate surface area is 94.1 Å². The van der Waals surface area contributed by atoms with Gasteiger partial charge in [0, 0.05) is 25.0 Å². The number of anilines is 1. The van der Waals surface area contributed by atoms with E-state index in [0.717, 1.165) is 11.6 Å².